The Morgan fingerprint density at radius 3 is 2.61 bits per heavy atom. The summed E-state index contributed by atoms with van der Waals surface area (Å²) in [5.74, 6) is 1.44. The van der Waals surface area contributed by atoms with Crippen molar-refractivity contribution in [1.29, 1.82) is 0 Å². The highest BCUT2D eigenvalue weighted by atomic mass is 16.5. The molecule has 2 N–H and O–H groups in total. The first-order valence-corrected chi connectivity index (χ1v) is 10.7. The van der Waals surface area contributed by atoms with Crippen molar-refractivity contribution in [3.63, 3.8) is 0 Å². The highest BCUT2D eigenvalue weighted by Gasteiger charge is 2.57. The fraction of sp³-hybridized carbons (Fsp3) is 0.545. The fourth-order valence-electron chi connectivity index (χ4n) is 4.55. The Kier molecular flexibility index (Phi) is 5.95. The number of fused-ring (bicyclic) bond motifs is 1. The zero-order valence-electron chi connectivity index (χ0n) is 18.3. The number of nitrogens with zero attached hydrogens (tertiary/aromatic N) is 4. The molecule has 9 heteroatoms. The number of aromatic amines is 1. The Balaban J connectivity index is 1.44. The molecule has 3 amide bonds. The van der Waals surface area contributed by atoms with Crippen molar-refractivity contribution in [2.45, 2.75) is 38.8 Å². The summed E-state index contributed by atoms with van der Waals surface area (Å²) in [6, 6.07) is 9.78. The number of hydrogen-bond donors (Lipinski definition) is 2. The number of hydrogen-bond acceptors (Lipinski definition) is 5. The minimum Gasteiger partial charge on any atom is -0.367 e. The number of H-pyrrole nitrogens is 1. The number of ether oxygens (including phenoxy) is 1. The van der Waals surface area contributed by atoms with Crippen LogP contribution in [0.3, 0.4) is 0 Å². The molecule has 2 aliphatic heterocycles. The Morgan fingerprint density at radius 1 is 1.23 bits per heavy atom. The Hall–Kier alpha value is -2.94. The van der Waals surface area contributed by atoms with E-state index in [2.05, 4.69) is 20.5 Å². The first-order valence-electron chi connectivity index (χ1n) is 10.7. The summed E-state index contributed by atoms with van der Waals surface area (Å²) in [7, 11) is 0. The van der Waals surface area contributed by atoms with Gasteiger partial charge in [0.2, 0.25) is 5.91 Å². The molecule has 0 spiro atoms. The second-order valence-corrected chi connectivity index (χ2v) is 8.83. The van der Waals surface area contributed by atoms with Crippen molar-refractivity contribution in [2.75, 3.05) is 32.8 Å². The van der Waals surface area contributed by atoms with Crippen molar-refractivity contribution < 1.29 is 14.3 Å². The van der Waals surface area contributed by atoms with Crippen molar-refractivity contribution in [1.82, 2.24) is 30.3 Å². The summed E-state index contributed by atoms with van der Waals surface area (Å²) in [5, 5.41) is 10.3. The van der Waals surface area contributed by atoms with Crippen LogP contribution in [-0.4, -0.2) is 75.7 Å². The minimum absolute atomic E-state index is 0.0300. The lowest BCUT2D eigenvalue weighted by Crippen LogP contribution is -2.46. The van der Waals surface area contributed by atoms with Crippen LogP contribution < -0.4 is 5.32 Å². The van der Waals surface area contributed by atoms with Gasteiger partial charge in [-0.3, -0.25) is 9.89 Å². The molecule has 3 heterocycles. The van der Waals surface area contributed by atoms with Gasteiger partial charge < -0.3 is 19.9 Å². The second kappa shape index (κ2) is 8.66. The van der Waals surface area contributed by atoms with E-state index in [9.17, 15) is 9.59 Å². The highest BCUT2D eigenvalue weighted by Crippen LogP contribution is 2.43. The van der Waals surface area contributed by atoms with Gasteiger partial charge >= 0.3 is 6.03 Å². The van der Waals surface area contributed by atoms with Crippen LogP contribution in [0.2, 0.25) is 0 Å². The molecule has 2 aliphatic rings. The number of urea groups is 1. The third kappa shape index (κ3) is 4.41. The maximum absolute atomic E-state index is 12.9. The van der Waals surface area contributed by atoms with Crippen molar-refractivity contribution in [3.8, 4) is 0 Å². The average Bonchev–Trinajstić information content (AvgIpc) is 3.40. The van der Waals surface area contributed by atoms with Gasteiger partial charge in [-0.05, 0) is 26.3 Å². The van der Waals surface area contributed by atoms with Crippen LogP contribution in [0.5, 0.6) is 0 Å². The standard InChI is InChI=1S/C22H30N6O3/c1-15(2)23-21(30)28-10-18-9-27(13-22(18,14-28)20-24-16(3)25-26-20)19(29)12-31-11-17-7-5-4-6-8-17/h4-8,15,18H,9-14H2,1-3H3,(H,23,30)(H,24,25,26)/t18-,22-/m1/s1. The van der Waals surface area contributed by atoms with Gasteiger partial charge in [0, 0.05) is 38.1 Å². The van der Waals surface area contributed by atoms with Gasteiger partial charge in [0.25, 0.3) is 0 Å². The monoisotopic (exact) mass is 426 g/mol. The molecule has 2 aromatic rings. The molecule has 0 saturated carbocycles. The number of aryl methyl sites for hydroxylation is 1. The predicted octanol–water partition coefficient (Wildman–Crippen LogP) is 1.46. The van der Waals surface area contributed by atoms with Crippen LogP contribution in [-0.2, 0) is 21.6 Å². The summed E-state index contributed by atoms with van der Waals surface area (Å²) in [6.45, 7) is 8.28. The summed E-state index contributed by atoms with van der Waals surface area (Å²) >= 11 is 0. The van der Waals surface area contributed by atoms with Crippen LogP contribution in [0, 0.1) is 12.8 Å². The second-order valence-electron chi connectivity index (χ2n) is 8.83. The molecule has 0 radical (unpaired) electrons. The number of benzene rings is 1. The molecule has 2 saturated heterocycles. The zero-order valence-corrected chi connectivity index (χ0v) is 18.3. The van der Waals surface area contributed by atoms with Gasteiger partial charge in [-0.1, -0.05) is 30.3 Å². The smallest absolute Gasteiger partial charge is 0.317 e. The van der Waals surface area contributed by atoms with Gasteiger partial charge in [0.05, 0.1) is 12.0 Å². The number of aromatic nitrogens is 3. The Morgan fingerprint density at radius 2 is 1.94 bits per heavy atom. The van der Waals surface area contributed by atoms with E-state index in [1.165, 1.54) is 0 Å². The SMILES string of the molecule is Cc1nc([C@@]23CN(C(=O)COCc4ccccc4)C[C@@H]2CN(C(=O)NC(C)C)C3)n[nH]1. The van der Waals surface area contributed by atoms with E-state index in [1.54, 1.807) is 0 Å². The first-order chi connectivity index (χ1) is 14.9. The van der Waals surface area contributed by atoms with E-state index >= 15 is 0 Å². The molecule has 1 aromatic heterocycles. The van der Waals surface area contributed by atoms with Crippen LogP contribution in [0.1, 0.15) is 31.1 Å². The summed E-state index contributed by atoms with van der Waals surface area (Å²) in [6.07, 6.45) is 0. The van der Waals surface area contributed by atoms with Gasteiger partial charge in [0.1, 0.15) is 12.4 Å². The van der Waals surface area contributed by atoms with Gasteiger partial charge in [-0.25, -0.2) is 9.78 Å². The van der Waals surface area contributed by atoms with Crippen LogP contribution in [0.25, 0.3) is 0 Å². The van der Waals surface area contributed by atoms with E-state index in [0.717, 1.165) is 11.4 Å². The predicted molar refractivity (Wildman–Crippen MR) is 114 cm³/mol. The topological polar surface area (TPSA) is 103 Å². The van der Waals surface area contributed by atoms with Crippen LogP contribution in [0.4, 0.5) is 4.79 Å². The third-order valence-corrected chi connectivity index (χ3v) is 6.04. The fourth-order valence-corrected chi connectivity index (χ4v) is 4.55. The van der Waals surface area contributed by atoms with Gasteiger partial charge in [0.15, 0.2) is 5.82 Å². The number of nitrogens with one attached hydrogen (secondary N) is 2. The number of carbonyl (C=O) groups excluding carboxylic acids is 2. The number of rotatable bonds is 6. The Labute approximate surface area is 182 Å². The molecule has 2 fully saturated rings. The van der Waals surface area contributed by atoms with E-state index in [0.29, 0.717) is 38.6 Å². The summed E-state index contributed by atoms with van der Waals surface area (Å²) in [5.41, 5.74) is 0.571. The molecule has 31 heavy (non-hydrogen) atoms. The minimum atomic E-state index is -0.464. The lowest BCUT2D eigenvalue weighted by molar-refractivity contribution is -0.135. The van der Waals surface area contributed by atoms with Crippen molar-refractivity contribution >= 4 is 11.9 Å². The van der Waals surface area contributed by atoms with E-state index in [1.807, 2.05) is 60.9 Å². The molecule has 9 nitrogen and oxygen atoms in total. The zero-order chi connectivity index (χ0) is 22.0. The van der Waals surface area contributed by atoms with Gasteiger partial charge in [-0.15, -0.1) is 0 Å². The largest absolute Gasteiger partial charge is 0.367 e. The van der Waals surface area contributed by atoms with Crippen LogP contribution in [0.15, 0.2) is 30.3 Å². The van der Waals surface area contributed by atoms with Gasteiger partial charge in [-0.2, -0.15) is 5.10 Å². The number of likely N-dealkylation sites (tertiary alicyclic amines) is 2. The molecule has 0 unspecified atom stereocenters. The van der Waals surface area contributed by atoms with E-state index < -0.39 is 5.41 Å². The van der Waals surface area contributed by atoms with Crippen molar-refractivity contribution in [3.05, 3.63) is 47.5 Å². The summed E-state index contributed by atoms with van der Waals surface area (Å²) < 4.78 is 5.66. The van der Waals surface area contributed by atoms with Crippen molar-refractivity contribution in [2.24, 2.45) is 5.92 Å². The van der Waals surface area contributed by atoms with E-state index in [-0.39, 0.29) is 30.5 Å². The summed E-state index contributed by atoms with van der Waals surface area (Å²) in [4.78, 5) is 33.7. The maximum Gasteiger partial charge on any atom is 0.317 e. The number of amides is 3. The quantitative estimate of drug-likeness (QED) is 0.728. The molecule has 1 aromatic carbocycles. The molecule has 4 rings (SSSR count). The van der Waals surface area contributed by atoms with Crippen LogP contribution >= 0.6 is 0 Å². The first kappa shape index (κ1) is 21.3. The molecule has 166 valence electrons. The lowest BCUT2D eigenvalue weighted by atomic mass is 9.80. The maximum atomic E-state index is 12.9. The molecule has 0 bridgehead atoms. The highest BCUT2D eigenvalue weighted by molar-refractivity contribution is 5.79. The molecular formula is C22H30N6O3. The average molecular weight is 427 g/mol. The molecular weight excluding hydrogens is 396 g/mol. The van der Waals surface area contributed by atoms with E-state index in [4.69, 9.17) is 4.74 Å². The third-order valence-electron chi connectivity index (χ3n) is 6.04. The normalized spacial score (nSPS) is 22.8. The Bertz CT molecular complexity index is 930. The molecule has 2 atom stereocenters. The lowest BCUT2D eigenvalue weighted by Gasteiger charge is -2.27. The number of carbonyl (C=O) groups is 2. The molecule has 0 aliphatic carbocycles.